The van der Waals surface area contributed by atoms with Crippen LogP contribution in [0, 0.1) is 5.92 Å². The van der Waals surface area contributed by atoms with Crippen LogP contribution in [0.5, 0.6) is 0 Å². The molecule has 0 radical (unpaired) electrons. The van der Waals surface area contributed by atoms with E-state index in [1.54, 1.807) is 4.90 Å². The highest BCUT2D eigenvalue weighted by molar-refractivity contribution is 5.78. The lowest BCUT2D eigenvalue weighted by atomic mass is 10.1. The number of nitrogens with zero attached hydrogens (tertiary/aromatic N) is 1. The van der Waals surface area contributed by atoms with E-state index in [0.29, 0.717) is 6.54 Å². The maximum absolute atomic E-state index is 11.4. The molecule has 0 rings (SSSR count). The maximum Gasteiger partial charge on any atom is 0.225 e. The molecule has 2 N–H and O–H groups in total. The fourth-order valence-corrected chi connectivity index (χ4v) is 1.06. The van der Waals surface area contributed by atoms with E-state index in [-0.39, 0.29) is 17.9 Å². The van der Waals surface area contributed by atoms with Crippen LogP contribution in [0.2, 0.25) is 0 Å². The van der Waals surface area contributed by atoms with E-state index in [0.717, 1.165) is 6.42 Å². The van der Waals surface area contributed by atoms with Crippen molar-refractivity contribution in [2.75, 3.05) is 13.6 Å². The quantitative estimate of drug-likeness (QED) is 0.683. The molecular weight excluding hydrogens is 152 g/mol. The molecule has 0 heterocycles. The predicted octanol–water partition coefficient (Wildman–Crippen LogP) is 0.838. The lowest BCUT2D eigenvalue weighted by molar-refractivity contribution is -0.134. The van der Waals surface area contributed by atoms with Crippen molar-refractivity contribution >= 4 is 5.91 Å². The van der Waals surface area contributed by atoms with Gasteiger partial charge in [-0.1, -0.05) is 13.8 Å². The third kappa shape index (κ3) is 3.22. The summed E-state index contributed by atoms with van der Waals surface area (Å²) in [7, 11) is 1.84. The average molecular weight is 172 g/mol. The van der Waals surface area contributed by atoms with E-state index in [9.17, 15) is 4.79 Å². The Labute approximate surface area is 74.9 Å². The molecule has 0 fully saturated rings. The first-order chi connectivity index (χ1) is 5.50. The largest absolute Gasteiger partial charge is 0.343 e. The van der Waals surface area contributed by atoms with E-state index in [2.05, 4.69) is 0 Å². The summed E-state index contributed by atoms with van der Waals surface area (Å²) in [5.74, 6) is 0.270. The molecule has 72 valence electrons. The van der Waals surface area contributed by atoms with E-state index < -0.39 is 0 Å². The van der Waals surface area contributed by atoms with E-state index in [4.69, 9.17) is 5.73 Å². The van der Waals surface area contributed by atoms with Crippen molar-refractivity contribution < 1.29 is 4.79 Å². The van der Waals surface area contributed by atoms with Crippen LogP contribution in [0.25, 0.3) is 0 Å². The molecular formula is C9H20N2O. The summed E-state index contributed by atoms with van der Waals surface area (Å²) in [5.41, 5.74) is 5.41. The van der Waals surface area contributed by atoms with Crippen LogP contribution in [0.4, 0.5) is 0 Å². The Morgan fingerprint density at radius 3 is 2.25 bits per heavy atom. The van der Waals surface area contributed by atoms with Crippen molar-refractivity contribution in [3.05, 3.63) is 0 Å². The highest BCUT2D eigenvalue weighted by Gasteiger charge is 2.17. The molecule has 0 spiro atoms. The zero-order valence-corrected chi connectivity index (χ0v) is 8.50. The highest BCUT2D eigenvalue weighted by Crippen LogP contribution is 2.05. The molecule has 0 aromatic carbocycles. The molecule has 0 aliphatic rings. The Bertz CT molecular complexity index is 145. The van der Waals surface area contributed by atoms with Crippen LogP contribution in [-0.4, -0.2) is 30.4 Å². The van der Waals surface area contributed by atoms with Gasteiger partial charge < -0.3 is 10.6 Å². The summed E-state index contributed by atoms with van der Waals surface area (Å²) in [6.07, 6.45) is 0.870. The summed E-state index contributed by atoms with van der Waals surface area (Å²) in [6, 6.07) is 0.255. The van der Waals surface area contributed by atoms with Gasteiger partial charge >= 0.3 is 0 Å². The van der Waals surface area contributed by atoms with Gasteiger partial charge in [0.1, 0.15) is 0 Å². The van der Waals surface area contributed by atoms with Gasteiger partial charge in [0, 0.05) is 19.0 Å². The fraction of sp³-hybridized carbons (Fsp3) is 0.889. The van der Waals surface area contributed by atoms with E-state index in [1.807, 2.05) is 27.8 Å². The monoisotopic (exact) mass is 172 g/mol. The predicted molar refractivity (Wildman–Crippen MR) is 50.7 cm³/mol. The molecule has 1 amide bonds. The van der Waals surface area contributed by atoms with Crippen LogP contribution in [0.1, 0.15) is 27.2 Å². The van der Waals surface area contributed by atoms with Crippen LogP contribution >= 0.6 is 0 Å². The first kappa shape index (κ1) is 11.4. The zero-order chi connectivity index (χ0) is 9.72. The van der Waals surface area contributed by atoms with Crippen molar-refractivity contribution in [1.29, 1.82) is 0 Å². The molecule has 12 heavy (non-hydrogen) atoms. The van der Waals surface area contributed by atoms with Crippen molar-refractivity contribution in [2.24, 2.45) is 11.7 Å². The number of hydrogen-bond acceptors (Lipinski definition) is 2. The van der Waals surface area contributed by atoms with Gasteiger partial charge in [-0.25, -0.2) is 0 Å². The highest BCUT2D eigenvalue weighted by atomic mass is 16.2. The first-order valence-corrected chi connectivity index (χ1v) is 4.47. The Morgan fingerprint density at radius 2 is 1.92 bits per heavy atom. The molecule has 0 aliphatic carbocycles. The van der Waals surface area contributed by atoms with Crippen LogP contribution in [-0.2, 0) is 4.79 Å². The molecule has 1 unspecified atom stereocenters. The van der Waals surface area contributed by atoms with Crippen LogP contribution < -0.4 is 5.73 Å². The second-order valence-corrected chi connectivity index (χ2v) is 3.53. The maximum atomic E-state index is 11.4. The number of rotatable bonds is 4. The lowest BCUT2D eigenvalue weighted by Gasteiger charge is -2.26. The second kappa shape index (κ2) is 5.14. The SMILES string of the molecule is CC(C)C(=O)N(C)C(C)CCN. The Kier molecular flexibility index (Phi) is 4.90. The topological polar surface area (TPSA) is 46.3 Å². The first-order valence-electron chi connectivity index (χ1n) is 4.47. The molecule has 3 heteroatoms. The Morgan fingerprint density at radius 1 is 1.42 bits per heavy atom. The molecule has 3 nitrogen and oxygen atoms in total. The fourth-order valence-electron chi connectivity index (χ4n) is 1.06. The molecule has 0 saturated heterocycles. The smallest absolute Gasteiger partial charge is 0.225 e. The van der Waals surface area contributed by atoms with Crippen molar-refractivity contribution in [3.63, 3.8) is 0 Å². The molecule has 0 aromatic heterocycles. The number of carbonyl (C=O) groups excluding carboxylic acids is 1. The molecule has 0 saturated carbocycles. The number of hydrogen-bond donors (Lipinski definition) is 1. The summed E-state index contributed by atoms with van der Waals surface area (Å²) in [4.78, 5) is 13.2. The van der Waals surface area contributed by atoms with Gasteiger partial charge in [-0.05, 0) is 19.9 Å². The minimum atomic E-state index is 0.0789. The van der Waals surface area contributed by atoms with E-state index >= 15 is 0 Å². The minimum Gasteiger partial charge on any atom is -0.343 e. The van der Waals surface area contributed by atoms with Gasteiger partial charge in [-0.3, -0.25) is 4.79 Å². The third-order valence-electron chi connectivity index (χ3n) is 2.09. The second-order valence-electron chi connectivity index (χ2n) is 3.53. The minimum absolute atomic E-state index is 0.0789. The molecule has 0 aliphatic heterocycles. The van der Waals surface area contributed by atoms with Gasteiger partial charge in [0.15, 0.2) is 0 Å². The number of carbonyl (C=O) groups is 1. The third-order valence-corrected chi connectivity index (χ3v) is 2.09. The molecule has 1 atom stereocenters. The summed E-state index contributed by atoms with van der Waals surface area (Å²) >= 11 is 0. The van der Waals surface area contributed by atoms with Gasteiger partial charge in [-0.15, -0.1) is 0 Å². The van der Waals surface area contributed by atoms with Gasteiger partial charge in [0.25, 0.3) is 0 Å². The van der Waals surface area contributed by atoms with Crippen molar-refractivity contribution in [3.8, 4) is 0 Å². The Balaban J connectivity index is 4.00. The number of amides is 1. The summed E-state index contributed by atoms with van der Waals surface area (Å²) in [5, 5.41) is 0. The average Bonchev–Trinajstić information content (AvgIpc) is 2.02. The summed E-state index contributed by atoms with van der Waals surface area (Å²) in [6.45, 7) is 6.48. The normalized spacial score (nSPS) is 13.2. The standard InChI is InChI=1S/C9H20N2O/c1-7(2)9(12)11(4)8(3)5-6-10/h7-8H,5-6,10H2,1-4H3. The lowest BCUT2D eigenvalue weighted by Crippen LogP contribution is -2.38. The van der Waals surface area contributed by atoms with Gasteiger partial charge in [0.05, 0.1) is 0 Å². The van der Waals surface area contributed by atoms with E-state index in [1.165, 1.54) is 0 Å². The summed E-state index contributed by atoms with van der Waals surface area (Å²) < 4.78 is 0. The van der Waals surface area contributed by atoms with Crippen molar-refractivity contribution in [2.45, 2.75) is 33.2 Å². The molecule has 0 aromatic rings. The number of nitrogens with two attached hydrogens (primary N) is 1. The van der Waals surface area contributed by atoms with Gasteiger partial charge in [0.2, 0.25) is 5.91 Å². The van der Waals surface area contributed by atoms with Gasteiger partial charge in [-0.2, -0.15) is 0 Å². The van der Waals surface area contributed by atoms with Crippen LogP contribution in [0.3, 0.4) is 0 Å². The molecule has 0 bridgehead atoms. The zero-order valence-electron chi connectivity index (χ0n) is 8.50. The van der Waals surface area contributed by atoms with Crippen molar-refractivity contribution in [1.82, 2.24) is 4.90 Å². The Hall–Kier alpha value is -0.570. The van der Waals surface area contributed by atoms with Crippen LogP contribution in [0.15, 0.2) is 0 Å².